The van der Waals surface area contributed by atoms with Crippen LogP contribution in [0.15, 0.2) is 36.8 Å². The first-order valence-corrected chi connectivity index (χ1v) is 12.6. The number of carbonyl (C=O) groups excluding carboxylic acids is 1. The molecule has 4 aromatic rings. The predicted molar refractivity (Wildman–Crippen MR) is 149 cm³/mol. The number of nitrogens with zero attached hydrogens (tertiary/aromatic N) is 4. The molecule has 1 amide bonds. The van der Waals surface area contributed by atoms with E-state index in [4.69, 9.17) is 38.4 Å². The van der Waals surface area contributed by atoms with Crippen LogP contribution in [0.1, 0.15) is 40.5 Å². The molecule has 11 nitrogen and oxygen atoms in total. The van der Waals surface area contributed by atoms with Crippen LogP contribution >= 0.6 is 23.2 Å². The molecule has 0 aliphatic rings. The van der Waals surface area contributed by atoms with Crippen molar-refractivity contribution in [1.29, 1.82) is 0 Å². The molecule has 2 heterocycles. The molecule has 0 bridgehead atoms. The van der Waals surface area contributed by atoms with Crippen LogP contribution in [0.5, 0.6) is 11.5 Å². The van der Waals surface area contributed by atoms with Crippen LogP contribution in [0.2, 0.25) is 10.0 Å². The van der Waals surface area contributed by atoms with Crippen molar-refractivity contribution in [1.82, 2.24) is 24.8 Å². The molecular formula is C26H28Cl2N6O5. The summed E-state index contributed by atoms with van der Waals surface area (Å²) in [5.41, 5.74) is 7.52. The number of carbonyl (C=O) groups is 2. The molecule has 0 aliphatic carbocycles. The lowest BCUT2D eigenvalue weighted by atomic mass is 10.00. The Balaban J connectivity index is 0.000000255. The van der Waals surface area contributed by atoms with E-state index in [-0.39, 0.29) is 26.9 Å². The van der Waals surface area contributed by atoms with Crippen LogP contribution in [0.3, 0.4) is 0 Å². The van der Waals surface area contributed by atoms with Gasteiger partial charge in [0.25, 0.3) is 5.91 Å². The van der Waals surface area contributed by atoms with Gasteiger partial charge in [-0.15, -0.1) is 0 Å². The SMILES string of the molecule is CCN(CC)Cc1c[nH]c(C(N)=O)n1.COc1cc(OC)c(Cl)c(-c2ccc(C(=O)O)c3nccnc23)c1Cl. The summed E-state index contributed by atoms with van der Waals surface area (Å²) in [5.74, 6) is -0.644. The Hall–Kier alpha value is -3.93. The van der Waals surface area contributed by atoms with Crippen molar-refractivity contribution < 1.29 is 24.2 Å². The molecule has 0 saturated heterocycles. The predicted octanol–water partition coefficient (Wildman–Crippen LogP) is 4.67. The van der Waals surface area contributed by atoms with E-state index in [1.807, 2.05) is 0 Å². The summed E-state index contributed by atoms with van der Waals surface area (Å²) < 4.78 is 10.6. The van der Waals surface area contributed by atoms with Crippen LogP contribution in [0, 0.1) is 0 Å². The lowest BCUT2D eigenvalue weighted by Crippen LogP contribution is -2.22. The first-order chi connectivity index (χ1) is 18.7. The fourth-order valence-electron chi connectivity index (χ4n) is 3.80. The van der Waals surface area contributed by atoms with E-state index in [1.54, 1.807) is 18.3 Å². The number of primary amides is 1. The van der Waals surface area contributed by atoms with E-state index in [2.05, 4.69) is 38.7 Å². The van der Waals surface area contributed by atoms with Crippen molar-refractivity contribution in [3.8, 4) is 22.6 Å². The number of rotatable bonds is 9. The zero-order chi connectivity index (χ0) is 28.7. The highest BCUT2D eigenvalue weighted by Crippen LogP contribution is 2.47. The Bertz CT molecular complexity index is 1460. The average Bonchev–Trinajstić information content (AvgIpc) is 3.41. The van der Waals surface area contributed by atoms with Crippen molar-refractivity contribution in [2.24, 2.45) is 5.73 Å². The number of fused-ring (bicyclic) bond motifs is 1. The zero-order valence-electron chi connectivity index (χ0n) is 21.8. The molecule has 2 aromatic carbocycles. The third-order valence-electron chi connectivity index (χ3n) is 5.84. The van der Waals surface area contributed by atoms with Crippen molar-refractivity contribution in [2.45, 2.75) is 20.4 Å². The quantitative estimate of drug-likeness (QED) is 0.258. The van der Waals surface area contributed by atoms with E-state index >= 15 is 0 Å². The van der Waals surface area contributed by atoms with Gasteiger partial charge in [-0.2, -0.15) is 0 Å². The number of imidazole rings is 1. The minimum atomic E-state index is -1.10. The number of H-pyrrole nitrogens is 1. The summed E-state index contributed by atoms with van der Waals surface area (Å²) in [6.07, 6.45) is 4.61. The number of nitrogens with two attached hydrogens (primary N) is 1. The molecular weight excluding hydrogens is 547 g/mol. The van der Waals surface area contributed by atoms with Crippen molar-refractivity contribution in [2.75, 3.05) is 27.3 Å². The van der Waals surface area contributed by atoms with Gasteiger partial charge in [-0.05, 0) is 19.2 Å². The Morgan fingerprint density at radius 1 is 1.03 bits per heavy atom. The highest BCUT2D eigenvalue weighted by Gasteiger charge is 2.22. The molecule has 0 radical (unpaired) electrons. The first-order valence-electron chi connectivity index (χ1n) is 11.8. The summed E-state index contributed by atoms with van der Waals surface area (Å²) in [7, 11) is 2.95. The fraction of sp³-hybridized carbons (Fsp3) is 0.269. The molecule has 0 spiro atoms. The average molecular weight is 575 g/mol. The second kappa shape index (κ2) is 13.2. The number of benzene rings is 2. The molecule has 4 rings (SSSR count). The number of amides is 1. The van der Waals surface area contributed by atoms with E-state index in [1.165, 1.54) is 32.7 Å². The zero-order valence-corrected chi connectivity index (χ0v) is 23.3. The monoisotopic (exact) mass is 574 g/mol. The maximum absolute atomic E-state index is 11.4. The summed E-state index contributed by atoms with van der Waals surface area (Å²) in [6.45, 7) is 6.86. The summed E-state index contributed by atoms with van der Waals surface area (Å²) in [6, 6.07) is 4.60. The number of ether oxygens (including phenoxy) is 2. The van der Waals surface area contributed by atoms with Gasteiger partial charge in [0.2, 0.25) is 0 Å². The van der Waals surface area contributed by atoms with Gasteiger partial charge in [0.15, 0.2) is 5.82 Å². The molecule has 4 N–H and O–H groups in total. The second-order valence-electron chi connectivity index (χ2n) is 8.07. The summed E-state index contributed by atoms with van der Waals surface area (Å²) in [5, 5.41) is 9.89. The highest BCUT2D eigenvalue weighted by atomic mass is 35.5. The van der Waals surface area contributed by atoms with Gasteiger partial charge in [-0.3, -0.25) is 19.7 Å². The van der Waals surface area contributed by atoms with E-state index in [0.717, 1.165) is 25.3 Å². The first kappa shape index (κ1) is 29.6. The topological polar surface area (TPSA) is 157 Å². The maximum Gasteiger partial charge on any atom is 0.337 e. The minimum absolute atomic E-state index is 0.0361. The number of aromatic nitrogens is 4. The maximum atomic E-state index is 11.4. The van der Waals surface area contributed by atoms with Crippen molar-refractivity contribution >= 4 is 46.1 Å². The van der Waals surface area contributed by atoms with Crippen molar-refractivity contribution in [3.63, 3.8) is 0 Å². The highest BCUT2D eigenvalue weighted by molar-refractivity contribution is 6.41. The molecule has 39 heavy (non-hydrogen) atoms. The van der Waals surface area contributed by atoms with Crippen LogP contribution in [0.4, 0.5) is 0 Å². The van der Waals surface area contributed by atoms with Crippen molar-refractivity contribution in [3.05, 3.63) is 63.9 Å². The van der Waals surface area contributed by atoms with Crippen LogP contribution in [-0.4, -0.2) is 69.1 Å². The molecule has 0 unspecified atom stereocenters. The molecule has 206 valence electrons. The summed E-state index contributed by atoms with van der Waals surface area (Å²) >= 11 is 12.9. The number of aromatic amines is 1. The normalized spacial score (nSPS) is 10.7. The number of hydrogen-bond acceptors (Lipinski definition) is 8. The second-order valence-corrected chi connectivity index (χ2v) is 8.83. The third-order valence-corrected chi connectivity index (χ3v) is 6.59. The number of hydrogen-bond donors (Lipinski definition) is 3. The smallest absolute Gasteiger partial charge is 0.337 e. The lowest BCUT2D eigenvalue weighted by Gasteiger charge is -2.16. The van der Waals surface area contributed by atoms with Gasteiger partial charge in [0.05, 0.1) is 41.0 Å². The summed E-state index contributed by atoms with van der Waals surface area (Å²) in [4.78, 5) is 39.6. The molecule has 0 aliphatic heterocycles. The third kappa shape index (κ3) is 6.56. The standard InChI is InChI=1S/C17H12Cl2N2O4.C9H16N4O/c1-24-10-7-11(25-2)14(19)12(13(10)18)8-3-4-9(17(22)23)16-15(8)20-5-6-21-16;1-3-13(4-2)6-7-5-11-9(12-7)8(10)14/h3-7H,1-2H3,(H,22,23);5H,3-4,6H2,1-2H3,(H2,10,14)(H,11,12). The van der Waals surface area contributed by atoms with E-state index in [9.17, 15) is 14.7 Å². The number of carboxylic acid groups (broad SMARTS) is 1. The number of nitrogens with one attached hydrogen (secondary N) is 1. The van der Waals surface area contributed by atoms with Gasteiger partial charge in [-0.1, -0.05) is 43.1 Å². The fourth-order valence-corrected chi connectivity index (χ4v) is 4.50. The van der Waals surface area contributed by atoms with E-state index in [0.29, 0.717) is 28.1 Å². The molecule has 13 heteroatoms. The number of carboxylic acids is 1. The van der Waals surface area contributed by atoms with Gasteiger partial charge in [-0.25, -0.2) is 9.78 Å². The van der Waals surface area contributed by atoms with Gasteiger partial charge < -0.3 is 25.3 Å². The lowest BCUT2D eigenvalue weighted by molar-refractivity contribution is 0.0698. The van der Waals surface area contributed by atoms with Crippen LogP contribution in [-0.2, 0) is 6.54 Å². The Morgan fingerprint density at radius 2 is 1.62 bits per heavy atom. The minimum Gasteiger partial charge on any atom is -0.495 e. The van der Waals surface area contributed by atoms with Gasteiger partial charge in [0.1, 0.15) is 17.0 Å². The largest absolute Gasteiger partial charge is 0.495 e. The number of halogens is 2. The van der Waals surface area contributed by atoms with Gasteiger partial charge >= 0.3 is 5.97 Å². The molecule has 0 atom stereocenters. The molecule has 2 aromatic heterocycles. The van der Waals surface area contributed by atoms with Crippen LogP contribution in [0.25, 0.3) is 22.2 Å². The van der Waals surface area contributed by atoms with E-state index < -0.39 is 11.9 Å². The Morgan fingerprint density at radius 3 is 2.10 bits per heavy atom. The van der Waals surface area contributed by atoms with Gasteiger partial charge in [0, 0.05) is 42.3 Å². The number of aromatic carboxylic acids is 1. The number of methoxy groups -OCH3 is 2. The Kier molecular flexibility index (Phi) is 10.0. The van der Waals surface area contributed by atoms with Crippen LogP contribution < -0.4 is 15.2 Å². The Labute approximate surface area is 234 Å². The molecule has 0 fully saturated rings. The molecule has 0 saturated carbocycles.